The van der Waals surface area contributed by atoms with Gasteiger partial charge < -0.3 is 9.73 Å². The van der Waals surface area contributed by atoms with Crippen molar-refractivity contribution in [2.75, 3.05) is 19.4 Å². The van der Waals surface area contributed by atoms with Gasteiger partial charge in [-0.15, -0.1) is 0 Å². The van der Waals surface area contributed by atoms with Crippen LogP contribution in [0.3, 0.4) is 0 Å². The molecule has 0 bridgehead atoms. The van der Waals surface area contributed by atoms with Crippen molar-refractivity contribution in [2.24, 2.45) is 0 Å². The largest absolute Gasteiger partial charge is 0.446 e. The normalized spacial score (nSPS) is 11.8. The minimum Gasteiger partial charge on any atom is -0.446 e. The van der Waals surface area contributed by atoms with Crippen LogP contribution in [0.1, 0.15) is 5.76 Å². The van der Waals surface area contributed by atoms with Crippen molar-refractivity contribution in [3.8, 4) is 0 Å². The lowest BCUT2D eigenvalue weighted by atomic mass is 10.4. The van der Waals surface area contributed by atoms with Gasteiger partial charge in [0.15, 0.2) is 0 Å². The summed E-state index contributed by atoms with van der Waals surface area (Å²) >= 11 is 3.25. The number of anilines is 1. The fraction of sp³-hybridized carbons (Fsp3) is 0.250. The number of hydrogen-bond acceptors (Lipinski definition) is 5. The number of halogens is 1. The van der Waals surface area contributed by atoms with Crippen molar-refractivity contribution in [2.45, 2.75) is 11.6 Å². The van der Waals surface area contributed by atoms with Gasteiger partial charge in [-0.3, -0.25) is 0 Å². The molecule has 0 aliphatic rings. The topological polar surface area (TPSA) is 75.4 Å². The van der Waals surface area contributed by atoms with Crippen LogP contribution in [0.2, 0.25) is 0 Å². The zero-order valence-corrected chi connectivity index (χ0v) is 13.4. The fourth-order valence-electron chi connectivity index (χ4n) is 1.44. The first kappa shape index (κ1) is 15.0. The predicted molar refractivity (Wildman–Crippen MR) is 78.8 cm³/mol. The summed E-state index contributed by atoms with van der Waals surface area (Å²) in [5.41, 5.74) is 0.821. The van der Waals surface area contributed by atoms with Crippen LogP contribution in [-0.4, -0.2) is 31.8 Å². The van der Waals surface area contributed by atoms with Crippen LogP contribution >= 0.6 is 15.9 Å². The number of rotatable bonds is 5. The lowest BCUT2D eigenvalue weighted by Gasteiger charge is -2.08. The summed E-state index contributed by atoms with van der Waals surface area (Å²) < 4.78 is 30.9. The SMILES string of the molecule is CN(C)S(=O)(=O)c1ccc(CNc2ccc(Br)nc2)o1. The smallest absolute Gasteiger partial charge is 0.275 e. The van der Waals surface area contributed by atoms with Crippen LogP contribution in [-0.2, 0) is 16.6 Å². The molecule has 0 aromatic carbocycles. The summed E-state index contributed by atoms with van der Waals surface area (Å²) in [6.07, 6.45) is 1.67. The van der Waals surface area contributed by atoms with E-state index in [0.717, 1.165) is 14.6 Å². The van der Waals surface area contributed by atoms with Crippen molar-refractivity contribution >= 4 is 31.6 Å². The molecule has 0 radical (unpaired) electrons. The molecule has 0 spiro atoms. The van der Waals surface area contributed by atoms with Gasteiger partial charge in [0.2, 0.25) is 5.09 Å². The number of aromatic nitrogens is 1. The van der Waals surface area contributed by atoms with Gasteiger partial charge in [-0.1, -0.05) is 0 Å². The summed E-state index contributed by atoms with van der Waals surface area (Å²) in [6, 6.07) is 6.76. The Bertz CT molecular complexity index is 680. The minimum atomic E-state index is -3.52. The molecule has 0 fully saturated rings. The Morgan fingerprint density at radius 3 is 2.65 bits per heavy atom. The zero-order chi connectivity index (χ0) is 14.8. The maximum Gasteiger partial charge on any atom is 0.275 e. The second-order valence-electron chi connectivity index (χ2n) is 4.23. The average Bonchev–Trinajstić information content (AvgIpc) is 2.87. The molecular weight excluding hydrogens is 346 g/mol. The summed E-state index contributed by atoms with van der Waals surface area (Å²) in [4.78, 5) is 4.08. The van der Waals surface area contributed by atoms with Crippen molar-refractivity contribution in [1.82, 2.24) is 9.29 Å². The number of nitrogens with zero attached hydrogens (tertiary/aromatic N) is 2. The Kier molecular flexibility index (Phi) is 4.46. The molecule has 0 saturated heterocycles. The second kappa shape index (κ2) is 5.94. The van der Waals surface area contributed by atoms with Gasteiger partial charge in [-0.2, -0.15) is 0 Å². The molecule has 2 rings (SSSR count). The van der Waals surface area contributed by atoms with E-state index < -0.39 is 10.0 Å². The van der Waals surface area contributed by atoms with Crippen LogP contribution in [0.5, 0.6) is 0 Å². The summed E-state index contributed by atoms with van der Waals surface area (Å²) in [6.45, 7) is 0.381. The Hall–Kier alpha value is -1.38. The van der Waals surface area contributed by atoms with Gasteiger partial charge in [0.05, 0.1) is 18.4 Å². The molecule has 6 nitrogen and oxygen atoms in total. The monoisotopic (exact) mass is 359 g/mol. The van der Waals surface area contributed by atoms with E-state index >= 15 is 0 Å². The van der Waals surface area contributed by atoms with Crippen LogP contribution in [0, 0.1) is 0 Å². The van der Waals surface area contributed by atoms with Gasteiger partial charge in [-0.05, 0) is 40.2 Å². The zero-order valence-electron chi connectivity index (χ0n) is 11.0. The highest BCUT2D eigenvalue weighted by atomic mass is 79.9. The maximum atomic E-state index is 11.9. The highest BCUT2D eigenvalue weighted by molar-refractivity contribution is 9.10. The average molecular weight is 360 g/mol. The fourth-order valence-corrected chi connectivity index (χ4v) is 2.49. The van der Waals surface area contributed by atoms with E-state index in [0.29, 0.717) is 12.3 Å². The first-order chi connectivity index (χ1) is 9.39. The lowest BCUT2D eigenvalue weighted by Crippen LogP contribution is -2.21. The lowest BCUT2D eigenvalue weighted by molar-refractivity contribution is 0.402. The summed E-state index contributed by atoms with van der Waals surface area (Å²) in [5.74, 6) is 0.536. The van der Waals surface area contributed by atoms with E-state index in [-0.39, 0.29) is 5.09 Å². The molecule has 0 amide bonds. The molecule has 0 saturated carbocycles. The maximum absolute atomic E-state index is 11.9. The van der Waals surface area contributed by atoms with Gasteiger partial charge in [-0.25, -0.2) is 17.7 Å². The van der Waals surface area contributed by atoms with Crippen LogP contribution < -0.4 is 5.32 Å². The van der Waals surface area contributed by atoms with Crippen molar-refractivity contribution in [1.29, 1.82) is 0 Å². The van der Waals surface area contributed by atoms with Crippen molar-refractivity contribution in [3.05, 3.63) is 40.8 Å². The van der Waals surface area contributed by atoms with Gasteiger partial charge in [0.25, 0.3) is 10.0 Å². The summed E-state index contributed by atoms with van der Waals surface area (Å²) in [5, 5.41) is 3.03. The molecule has 20 heavy (non-hydrogen) atoms. The molecule has 108 valence electrons. The Labute approximate surface area is 126 Å². The third kappa shape index (κ3) is 3.38. The van der Waals surface area contributed by atoms with E-state index in [9.17, 15) is 8.42 Å². The molecular formula is C12H14BrN3O3S. The predicted octanol–water partition coefficient (Wildman–Crippen LogP) is 2.30. The van der Waals surface area contributed by atoms with E-state index in [4.69, 9.17) is 4.42 Å². The molecule has 1 N–H and O–H groups in total. The van der Waals surface area contributed by atoms with Crippen LogP contribution in [0.15, 0.2) is 44.6 Å². The molecule has 0 aliphatic carbocycles. The molecule has 0 aliphatic heterocycles. The Morgan fingerprint density at radius 1 is 1.30 bits per heavy atom. The Morgan fingerprint density at radius 2 is 2.05 bits per heavy atom. The van der Waals surface area contributed by atoms with Crippen LogP contribution in [0.4, 0.5) is 5.69 Å². The minimum absolute atomic E-state index is 0.0618. The second-order valence-corrected chi connectivity index (χ2v) is 7.13. The summed E-state index contributed by atoms with van der Waals surface area (Å²) in [7, 11) is -0.601. The Balaban J connectivity index is 2.05. The third-order valence-electron chi connectivity index (χ3n) is 2.57. The van der Waals surface area contributed by atoms with E-state index in [1.165, 1.54) is 20.2 Å². The first-order valence-corrected chi connectivity index (χ1v) is 7.99. The molecule has 2 heterocycles. The molecule has 2 aromatic rings. The number of furan rings is 1. The van der Waals surface area contributed by atoms with E-state index in [1.54, 1.807) is 12.3 Å². The van der Waals surface area contributed by atoms with Crippen LogP contribution in [0.25, 0.3) is 0 Å². The third-order valence-corrected chi connectivity index (χ3v) is 4.72. The van der Waals surface area contributed by atoms with E-state index in [1.807, 2.05) is 12.1 Å². The highest BCUT2D eigenvalue weighted by Crippen LogP contribution is 2.18. The number of hydrogen-bond donors (Lipinski definition) is 1. The first-order valence-electron chi connectivity index (χ1n) is 5.76. The van der Waals surface area contributed by atoms with Gasteiger partial charge in [0.1, 0.15) is 10.4 Å². The molecule has 2 aromatic heterocycles. The molecule has 0 atom stereocenters. The number of pyridine rings is 1. The molecule has 0 unspecified atom stereocenters. The highest BCUT2D eigenvalue weighted by Gasteiger charge is 2.21. The van der Waals surface area contributed by atoms with Gasteiger partial charge in [0, 0.05) is 14.1 Å². The van der Waals surface area contributed by atoms with Crippen molar-refractivity contribution < 1.29 is 12.8 Å². The van der Waals surface area contributed by atoms with Gasteiger partial charge >= 0.3 is 0 Å². The quantitative estimate of drug-likeness (QED) is 0.829. The number of sulfonamides is 1. The van der Waals surface area contributed by atoms with E-state index in [2.05, 4.69) is 26.2 Å². The number of nitrogens with one attached hydrogen (secondary N) is 1. The standard InChI is InChI=1S/C12H14BrN3O3S/c1-16(2)20(17,18)12-6-4-10(19-12)8-14-9-3-5-11(13)15-7-9/h3-7,14H,8H2,1-2H3. The van der Waals surface area contributed by atoms with Crippen molar-refractivity contribution in [3.63, 3.8) is 0 Å². The molecule has 8 heteroatoms.